The quantitative estimate of drug-likeness (QED) is 0.0262. The van der Waals surface area contributed by atoms with E-state index in [2.05, 4.69) is 99.8 Å². The van der Waals surface area contributed by atoms with E-state index in [4.69, 9.17) is 14.2 Å². The summed E-state index contributed by atoms with van der Waals surface area (Å²) in [6.07, 6.45) is 70.1. The smallest absolute Gasteiger partial charge is 0.306 e. The first-order valence-electron chi connectivity index (χ1n) is 27.6. The van der Waals surface area contributed by atoms with Crippen molar-refractivity contribution in [2.75, 3.05) is 13.2 Å². The van der Waals surface area contributed by atoms with Crippen LogP contribution < -0.4 is 0 Å². The molecule has 6 nitrogen and oxygen atoms in total. The molecular weight excluding hydrogens is 817 g/mol. The molecule has 0 N–H and O–H groups in total. The Kier molecular flexibility index (Phi) is 51.4. The summed E-state index contributed by atoms with van der Waals surface area (Å²) in [4.78, 5) is 38.0. The fourth-order valence-corrected chi connectivity index (χ4v) is 7.52. The molecule has 0 aromatic carbocycles. The van der Waals surface area contributed by atoms with E-state index in [-0.39, 0.29) is 37.5 Å². The van der Waals surface area contributed by atoms with Gasteiger partial charge in [-0.3, -0.25) is 14.4 Å². The Hall–Kier alpha value is -3.41. The van der Waals surface area contributed by atoms with Gasteiger partial charge in [-0.15, -0.1) is 0 Å². The van der Waals surface area contributed by atoms with Crippen LogP contribution in [0.25, 0.3) is 0 Å². The van der Waals surface area contributed by atoms with E-state index in [9.17, 15) is 14.4 Å². The Bertz CT molecular complexity index is 1290. The van der Waals surface area contributed by atoms with Crippen LogP contribution in [0.2, 0.25) is 0 Å². The van der Waals surface area contributed by atoms with Gasteiger partial charge in [-0.05, 0) is 83.5 Å². The monoisotopic (exact) mass is 919 g/mol. The Morgan fingerprint density at radius 3 is 1.03 bits per heavy atom. The molecule has 0 spiro atoms. The zero-order valence-corrected chi connectivity index (χ0v) is 43.2. The second kappa shape index (κ2) is 54.2. The molecule has 0 unspecified atom stereocenters. The summed E-state index contributed by atoms with van der Waals surface area (Å²) in [6, 6.07) is 0. The number of unbranched alkanes of at least 4 members (excludes halogenated alkanes) is 24. The second-order valence-corrected chi connectivity index (χ2v) is 18.1. The lowest BCUT2D eigenvalue weighted by Gasteiger charge is -2.18. The zero-order chi connectivity index (χ0) is 47.9. The van der Waals surface area contributed by atoms with Crippen LogP contribution in [0, 0.1) is 0 Å². The Labute approximate surface area is 407 Å². The van der Waals surface area contributed by atoms with Gasteiger partial charge < -0.3 is 14.2 Å². The van der Waals surface area contributed by atoms with Crippen LogP contribution in [0.4, 0.5) is 0 Å². The molecule has 0 aliphatic rings. The molecule has 0 radical (unpaired) electrons. The summed E-state index contributed by atoms with van der Waals surface area (Å²) >= 11 is 0. The van der Waals surface area contributed by atoms with E-state index >= 15 is 0 Å². The highest BCUT2D eigenvalue weighted by molar-refractivity contribution is 5.71. The second-order valence-electron chi connectivity index (χ2n) is 18.1. The van der Waals surface area contributed by atoms with Crippen molar-refractivity contribution in [1.29, 1.82) is 0 Å². The molecule has 0 fully saturated rings. The van der Waals surface area contributed by atoms with Crippen molar-refractivity contribution in [1.82, 2.24) is 0 Å². The van der Waals surface area contributed by atoms with Crippen LogP contribution in [0.1, 0.15) is 258 Å². The van der Waals surface area contributed by atoms with Crippen molar-refractivity contribution in [2.45, 2.75) is 264 Å². The largest absolute Gasteiger partial charge is 0.462 e. The molecule has 66 heavy (non-hydrogen) atoms. The van der Waals surface area contributed by atoms with Crippen LogP contribution in [0.5, 0.6) is 0 Å². The summed E-state index contributed by atoms with van der Waals surface area (Å²) < 4.78 is 16.8. The number of hydrogen-bond acceptors (Lipinski definition) is 6. The number of carbonyl (C=O) groups excluding carboxylic acids is 3. The molecule has 0 bridgehead atoms. The highest BCUT2D eigenvalue weighted by Gasteiger charge is 2.19. The lowest BCUT2D eigenvalue weighted by molar-refractivity contribution is -0.166. The van der Waals surface area contributed by atoms with Gasteiger partial charge in [0.2, 0.25) is 0 Å². The van der Waals surface area contributed by atoms with Gasteiger partial charge >= 0.3 is 17.9 Å². The van der Waals surface area contributed by atoms with Crippen LogP contribution in [0.15, 0.2) is 85.1 Å². The fourth-order valence-electron chi connectivity index (χ4n) is 7.52. The molecule has 0 aromatic rings. The highest BCUT2D eigenvalue weighted by atomic mass is 16.6. The predicted molar refractivity (Wildman–Crippen MR) is 284 cm³/mol. The van der Waals surface area contributed by atoms with E-state index in [1.54, 1.807) is 0 Å². The van der Waals surface area contributed by atoms with Gasteiger partial charge in [0, 0.05) is 19.3 Å². The van der Waals surface area contributed by atoms with Gasteiger partial charge in [0.15, 0.2) is 6.10 Å². The van der Waals surface area contributed by atoms with E-state index in [0.29, 0.717) is 19.3 Å². The van der Waals surface area contributed by atoms with Gasteiger partial charge in [-0.2, -0.15) is 0 Å². The van der Waals surface area contributed by atoms with Gasteiger partial charge in [0.1, 0.15) is 13.2 Å². The van der Waals surface area contributed by atoms with E-state index < -0.39 is 6.10 Å². The molecule has 0 saturated carbocycles. The molecule has 378 valence electrons. The number of rotatable bonds is 49. The maximum atomic E-state index is 12.8. The minimum atomic E-state index is -0.808. The molecule has 6 heteroatoms. The zero-order valence-electron chi connectivity index (χ0n) is 43.2. The van der Waals surface area contributed by atoms with E-state index in [1.807, 2.05) is 6.08 Å². The van der Waals surface area contributed by atoms with Crippen molar-refractivity contribution < 1.29 is 28.6 Å². The molecule has 0 aliphatic heterocycles. The van der Waals surface area contributed by atoms with Crippen molar-refractivity contribution in [2.24, 2.45) is 0 Å². The number of hydrogen-bond donors (Lipinski definition) is 0. The van der Waals surface area contributed by atoms with Crippen molar-refractivity contribution in [3.8, 4) is 0 Å². The van der Waals surface area contributed by atoms with E-state index in [1.165, 1.54) is 122 Å². The highest BCUT2D eigenvalue weighted by Crippen LogP contribution is 2.15. The number of allylic oxidation sites excluding steroid dienone is 14. The molecular formula is C60H102O6. The number of ether oxygens (including phenoxy) is 3. The maximum Gasteiger partial charge on any atom is 0.306 e. The molecule has 0 saturated heterocycles. The van der Waals surface area contributed by atoms with Gasteiger partial charge in [0.05, 0.1) is 0 Å². The first-order chi connectivity index (χ1) is 32.5. The van der Waals surface area contributed by atoms with Crippen molar-refractivity contribution in [3.05, 3.63) is 85.1 Å². The summed E-state index contributed by atoms with van der Waals surface area (Å²) in [7, 11) is 0. The third kappa shape index (κ3) is 51.6. The third-order valence-corrected chi connectivity index (χ3v) is 11.6. The summed E-state index contributed by atoms with van der Waals surface area (Å²) in [5, 5.41) is 0. The van der Waals surface area contributed by atoms with Crippen LogP contribution >= 0.6 is 0 Å². The lowest BCUT2D eigenvalue weighted by atomic mass is 10.0. The first kappa shape index (κ1) is 62.6. The van der Waals surface area contributed by atoms with Gasteiger partial charge in [0.25, 0.3) is 0 Å². The molecule has 0 heterocycles. The predicted octanol–water partition coefficient (Wildman–Crippen LogP) is 18.4. The molecule has 0 amide bonds. The normalized spacial score (nSPS) is 12.7. The minimum Gasteiger partial charge on any atom is -0.462 e. The summed E-state index contributed by atoms with van der Waals surface area (Å²) in [6.45, 7) is 6.45. The minimum absolute atomic E-state index is 0.102. The number of esters is 3. The topological polar surface area (TPSA) is 78.9 Å². The molecule has 1 atom stereocenters. The van der Waals surface area contributed by atoms with Crippen molar-refractivity contribution >= 4 is 17.9 Å². The Morgan fingerprint density at radius 1 is 0.318 bits per heavy atom. The fraction of sp³-hybridized carbons (Fsp3) is 0.717. The van der Waals surface area contributed by atoms with Crippen LogP contribution in [0.3, 0.4) is 0 Å². The summed E-state index contributed by atoms with van der Waals surface area (Å²) in [5.74, 6) is -0.993. The Balaban J connectivity index is 4.49. The SMILES string of the molecule is CC/C=C\C/C=C\C/C=C\C/C=C\C/C=C\C/C=C\CCC(=O)OC[C@@H](COC(=O)CCCCCCC/C=C\CCCCCC)OC(=O)CCCCCCCCCCCCCCCCCC. The average Bonchev–Trinajstić information content (AvgIpc) is 3.31. The average molecular weight is 919 g/mol. The van der Waals surface area contributed by atoms with Gasteiger partial charge in [-0.25, -0.2) is 0 Å². The van der Waals surface area contributed by atoms with Crippen LogP contribution in [-0.2, 0) is 28.6 Å². The Morgan fingerprint density at radius 2 is 0.621 bits per heavy atom. The standard InChI is InChI=1S/C60H102O6/c1-4-7-10-13-16-19-22-25-27-29-30-31-33-35-38-41-44-47-50-53-59(62)65-56-57(55-64-58(61)52-49-46-43-40-37-34-24-21-18-15-12-9-6-3)66-60(63)54-51-48-45-42-39-36-32-28-26-23-20-17-14-11-8-5-2/h7,10,16,19,21,24-25,27,30-31,35,38,44,47,57H,4-6,8-9,11-15,17-18,20,22-23,26,28-29,32-34,36-37,39-43,45-46,48-56H2,1-3H3/b10-7-,19-16-,24-21-,27-25-,31-30-,38-35-,47-44-/t57-/m1/s1. The van der Waals surface area contributed by atoms with E-state index in [0.717, 1.165) is 89.9 Å². The first-order valence-corrected chi connectivity index (χ1v) is 27.6. The van der Waals surface area contributed by atoms with Gasteiger partial charge in [-0.1, -0.05) is 241 Å². The maximum absolute atomic E-state index is 12.8. The lowest BCUT2D eigenvalue weighted by Crippen LogP contribution is -2.30. The van der Waals surface area contributed by atoms with Crippen LogP contribution in [-0.4, -0.2) is 37.2 Å². The van der Waals surface area contributed by atoms with Crippen molar-refractivity contribution in [3.63, 3.8) is 0 Å². The summed E-state index contributed by atoms with van der Waals surface area (Å²) in [5.41, 5.74) is 0. The molecule has 0 aliphatic carbocycles. The third-order valence-electron chi connectivity index (χ3n) is 11.6. The molecule has 0 rings (SSSR count). The number of carbonyl (C=O) groups is 3. The molecule has 0 aromatic heterocycles.